The highest BCUT2D eigenvalue weighted by atomic mass is 16.5. The minimum atomic E-state index is -0.0804. The number of carbonyl (C=O) groups excluding carboxylic acids is 1. The fourth-order valence-corrected chi connectivity index (χ4v) is 3.80. The maximum atomic E-state index is 12.3. The molecule has 156 valence electrons. The van der Waals surface area contributed by atoms with Gasteiger partial charge in [-0.05, 0) is 55.7 Å². The number of benzene rings is 1. The summed E-state index contributed by atoms with van der Waals surface area (Å²) in [5, 5.41) is 9.48. The van der Waals surface area contributed by atoms with Gasteiger partial charge in [0.25, 0.3) is 0 Å². The molecule has 6 nitrogen and oxygen atoms in total. The van der Waals surface area contributed by atoms with E-state index < -0.39 is 0 Å². The smallest absolute Gasteiger partial charge is 0.243 e. The Bertz CT molecular complexity index is 639. The van der Waals surface area contributed by atoms with Gasteiger partial charge in [0.2, 0.25) is 5.91 Å². The van der Waals surface area contributed by atoms with Crippen LogP contribution < -0.4 is 16.0 Å². The Morgan fingerprint density at radius 1 is 1.21 bits per heavy atom. The predicted molar refractivity (Wildman–Crippen MR) is 116 cm³/mol. The number of rotatable bonds is 10. The highest BCUT2D eigenvalue weighted by molar-refractivity contribution is 5.95. The Hall–Kier alpha value is -2.08. The number of hydrogen-bond acceptors (Lipinski definition) is 3. The van der Waals surface area contributed by atoms with E-state index in [2.05, 4.69) is 33.9 Å². The molecule has 1 aliphatic rings. The van der Waals surface area contributed by atoms with Crippen LogP contribution in [0.15, 0.2) is 29.3 Å². The summed E-state index contributed by atoms with van der Waals surface area (Å²) in [4.78, 5) is 16.5. The van der Waals surface area contributed by atoms with Crippen LogP contribution in [0.2, 0.25) is 0 Å². The molecule has 1 fully saturated rings. The van der Waals surface area contributed by atoms with Crippen molar-refractivity contribution in [2.75, 3.05) is 38.7 Å². The van der Waals surface area contributed by atoms with E-state index in [0.717, 1.165) is 38.3 Å². The van der Waals surface area contributed by atoms with Gasteiger partial charge < -0.3 is 20.7 Å². The van der Waals surface area contributed by atoms with Gasteiger partial charge in [-0.15, -0.1) is 0 Å². The van der Waals surface area contributed by atoms with Crippen molar-refractivity contribution in [2.45, 2.75) is 52.4 Å². The molecule has 0 atom stereocenters. The van der Waals surface area contributed by atoms with Crippen LogP contribution in [0.4, 0.5) is 5.69 Å². The summed E-state index contributed by atoms with van der Waals surface area (Å²) < 4.78 is 5.58. The number of carbonyl (C=O) groups is 1. The molecule has 1 saturated carbocycles. The molecule has 0 saturated heterocycles. The van der Waals surface area contributed by atoms with Gasteiger partial charge in [0.1, 0.15) is 0 Å². The van der Waals surface area contributed by atoms with E-state index in [1.807, 2.05) is 25.1 Å². The molecule has 0 aromatic heterocycles. The van der Waals surface area contributed by atoms with Crippen LogP contribution in [0.3, 0.4) is 0 Å². The number of aliphatic imine (C=N–C) groups is 1. The number of amides is 1. The number of anilines is 1. The van der Waals surface area contributed by atoms with Crippen LogP contribution in [0, 0.1) is 5.41 Å². The van der Waals surface area contributed by atoms with Gasteiger partial charge in [-0.2, -0.15) is 0 Å². The van der Waals surface area contributed by atoms with E-state index in [1.54, 1.807) is 7.05 Å². The first-order valence-corrected chi connectivity index (χ1v) is 10.5. The van der Waals surface area contributed by atoms with Crippen molar-refractivity contribution in [3.05, 3.63) is 29.8 Å². The highest BCUT2D eigenvalue weighted by Gasteiger charge is 2.33. The van der Waals surface area contributed by atoms with E-state index in [1.165, 1.54) is 31.2 Å². The van der Waals surface area contributed by atoms with Crippen LogP contribution in [0.5, 0.6) is 0 Å². The fraction of sp³-hybridized carbons (Fsp3) is 0.636. The lowest BCUT2D eigenvalue weighted by Crippen LogP contribution is -2.45. The molecule has 2 rings (SSSR count). The molecule has 1 amide bonds. The second-order valence-corrected chi connectivity index (χ2v) is 7.54. The number of hydrogen-bond donors (Lipinski definition) is 3. The second-order valence-electron chi connectivity index (χ2n) is 7.54. The Labute approximate surface area is 169 Å². The van der Waals surface area contributed by atoms with Crippen molar-refractivity contribution in [3.63, 3.8) is 0 Å². The Morgan fingerprint density at radius 3 is 2.68 bits per heavy atom. The lowest BCUT2D eigenvalue weighted by molar-refractivity contribution is -0.115. The molecular formula is C22H36N4O2. The number of nitrogens with one attached hydrogen (secondary N) is 3. The summed E-state index contributed by atoms with van der Waals surface area (Å²) in [6, 6.07) is 7.94. The monoisotopic (exact) mass is 388 g/mol. The summed E-state index contributed by atoms with van der Waals surface area (Å²) in [7, 11) is 1.74. The average Bonchev–Trinajstić information content (AvgIpc) is 3.17. The first kappa shape index (κ1) is 22.2. The third-order valence-electron chi connectivity index (χ3n) is 5.53. The molecule has 0 heterocycles. The number of aryl methyl sites for hydroxylation is 1. The van der Waals surface area contributed by atoms with Crippen molar-refractivity contribution in [1.82, 2.24) is 10.6 Å². The van der Waals surface area contributed by atoms with Gasteiger partial charge in [-0.1, -0.05) is 31.9 Å². The zero-order chi connectivity index (χ0) is 20.2. The first-order chi connectivity index (χ1) is 13.6. The number of ether oxygens (including phenoxy) is 1. The lowest BCUT2D eigenvalue weighted by Gasteiger charge is -2.30. The minimum absolute atomic E-state index is 0.0804. The van der Waals surface area contributed by atoms with Crippen molar-refractivity contribution < 1.29 is 9.53 Å². The molecule has 6 heteroatoms. The number of guanidine groups is 1. The lowest BCUT2D eigenvalue weighted by atomic mass is 9.83. The van der Waals surface area contributed by atoms with Gasteiger partial charge in [0.05, 0.1) is 6.54 Å². The summed E-state index contributed by atoms with van der Waals surface area (Å²) >= 11 is 0. The van der Waals surface area contributed by atoms with Crippen LogP contribution in [-0.2, 0) is 16.0 Å². The van der Waals surface area contributed by atoms with Crippen molar-refractivity contribution in [1.29, 1.82) is 0 Å². The van der Waals surface area contributed by atoms with Gasteiger partial charge in [-0.3, -0.25) is 9.79 Å². The largest absolute Gasteiger partial charge is 0.382 e. The van der Waals surface area contributed by atoms with Gasteiger partial charge in [-0.25, -0.2) is 0 Å². The molecule has 0 bridgehead atoms. The molecular weight excluding hydrogens is 352 g/mol. The summed E-state index contributed by atoms with van der Waals surface area (Å²) in [6.07, 6.45) is 7.01. The van der Waals surface area contributed by atoms with Crippen LogP contribution >= 0.6 is 0 Å². The average molecular weight is 389 g/mol. The van der Waals surface area contributed by atoms with Crippen LogP contribution in [0.25, 0.3) is 0 Å². The summed E-state index contributed by atoms with van der Waals surface area (Å²) in [5.74, 6) is 0.586. The van der Waals surface area contributed by atoms with Gasteiger partial charge >= 0.3 is 0 Å². The maximum Gasteiger partial charge on any atom is 0.243 e. The van der Waals surface area contributed by atoms with E-state index >= 15 is 0 Å². The van der Waals surface area contributed by atoms with E-state index in [0.29, 0.717) is 5.96 Å². The van der Waals surface area contributed by atoms with Gasteiger partial charge in [0.15, 0.2) is 5.96 Å². The van der Waals surface area contributed by atoms with E-state index in [4.69, 9.17) is 4.74 Å². The van der Waals surface area contributed by atoms with Crippen molar-refractivity contribution in [3.8, 4) is 0 Å². The standard InChI is InChI=1S/C22H36N4O2/c1-4-18-9-8-10-19(15-18)26-20(27)16-24-21(23-3)25-17-22(11-6-7-12-22)13-14-28-5-2/h8-10,15H,4-7,11-14,16-17H2,1-3H3,(H,26,27)(H2,23,24,25). The Morgan fingerprint density at radius 2 is 2.00 bits per heavy atom. The van der Waals surface area contributed by atoms with Crippen LogP contribution in [-0.4, -0.2) is 45.2 Å². The summed E-state index contributed by atoms with van der Waals surface area (Å²) in [6.45, 7) is 6.76. The maximum absolute atomic E-state index is 12.3. The molecule has 1 aliphatic carbocycles. The SMILES string of the molecule is CCOCCC1(CNC(=NC)NCC(=O)Nc2cccc(CC)c2)CCCC1. The van der Waals surface area contributed by atoms with Gasteiger partial charge in [0, 0.05) is 32.5 Å². The third kappa shape index (κ3) is 7.15. The van der Waals surface area contributed by atoms with Crippen LogP contribution in [0.1, 0.15) is 51.5 Å². The first-order valence-electron chi connectivity index (χ1n) is 10.5. The Kier molecular flexibility index (Phi) is 9.28. The molecule has 0 spiro atoms. The molecule has 28 heavy (non-hydrogen) atoms. The number of nitrogens with zero attached hydrogens (tertiary/aromatic N) is 1. The normalized spacial score (nSPS) is 16.0. The van der Waals surface area contributed by atoms with E-state index in [-0.39, 0.29) is 17.9 Å². The van der Waals surface area contributed by atoms with E-state index in [9.17, 15) is 4.79 Å². The molecule has 0 aliphatic heterocycles. The molecule has 1 aromatic carbocycles. The minimum Gasteiger partial charge on any atom is -0.382 e. The van der Waals surface area contributed by atoms with Crippen molar-refractivity contribution in [2.24, 2.45) is 10.4 Å². The Balaban J connectivity index is 1.79. The zero-order valence-corrected chi connectivity index (χ0v) is 17.6. The zero-order valence-electron chi connectivity index (χ0n) is 17.6. The summed E-state index contributed by atoms with van der Waals surface area (Å²) in [5.41, 5.74) is 2.31. The third-order valence-corrected chi connectivity index (χ3v) is 5.53. The predicted octanol–water partition coefficient (Wildman–Crippen LogP) is 3.34. The fourth-order valence-electron chi connectivity index (χ4n) is 3.80. The molecule has 0 unspecified atom stereocenters. The van der Waals surface area contributed by atoms with Crippen molar-refractivity contribution >= 4 is 17.6 Å². The second kappa shape index (κ2) is 11.7. The topological polar surface area (TPSA) is 74.8 Å². The highest BCUT2D eigenvalue weighted by Crippen LogP contribution is 2.40. The molecule has 0 radical (unpaired) electrons. The quantitative estimate of drug-likeness (QED) is 0.326. The molecule has 1 aromatic rings. The molecule has 3 N–H and O–H groups in total.